The molecule has 4 fully saturated rings. The maximum Gasteiger partial charge on any atom is 0.280 e. The molecule has 15 N–H and O–H groups in total. The van der Waals surface area contributed by atoms with Crippen molar-refractivity contribution in [2.75, 3.05) is 98.5 Å². The van der Waals surface area contributed by atoms with Crippen LogP contribution in [0.2, 0.25) is 0 Å². The minimum atomic E-state index is -2.67. The topological polar surface area (TPSA) is 492 Å². The quantitative estimate of drug-likeness (QED) is 0.0291. The Labute approximate surface area is 647 Å². The van der Waals surface area contributed by atoms with Crippen molar-refractivity contribution in [1.82, 2.24) is 99.8 Å². The largest absolute Gasteiger partial charge is 0.480 e. The van der Waals surface area contributed by atoms with Crippen LogP contribution in [0.15, 0.2) is 122 Å². The Hall–Kier alpha value is -13.6. The number of hydroxylamine groups is 1. The van der Waals surface area contributed by atoms with E-state index in [9.17, 15) is 34.5 Å². The van der Waals surface area contributed by atoms with Gasteiger partial charge in [-0.05, 0) is 107 Å². The Kier molecular flexibility index (Phi) is 21.4. The standard InChI is InChI=1S/C20H23N7O3.2C18H21N7O3.C16H19N7O3/c1-21-17-9-16(24-14-3-2-8-22-20(14)30-11-4-5-11)26-18-12(10-23-27(17)18)19(29)25-13-6-7-15(13)28;2*1-19-15-8-14(22-12-4-3-7-20-18(12)28-2)24-16-10(9-21-25(15)16)17(27)23-11-5-6-13(11)26;1-4-26-22-15(24)10-9-19-23-13(17-2)8-12(21-14(10)23)20-11-6-5-7-18-16(11)25-3/h2-3,8-11,13,15,21,28H,4-7H2,1H3,(H,24,26)(H,25,29);2*3-4,7-9,11,13,19,26H,5-6H2,1-2H3,(H,22,24)(H,23,27);5-9,17H,4H2,1-3H3,(H,20,21)(H,22,24)/t13-,15+;11-,13+;11-,13-;/m111./s1/i;2*2D3;. The van der Waals surface area contributed by atoms with Gasteiger partial charge >= 0.3 is 0 Å². The maximum absolute atomic E-state index is 12.7. The lowest BCUT2D eigenvalue weighted by Gasteiger charge is -2.32. The number of nitrogens with one attached hydrogen (secondary N) is 12. The van der Waals surface area contributed by atoms with Gasteiger partial charge in [-0.1, -0.05) is 0 Å². The average Bonchev–Trinajstić information content (AvgIpc) is 1.62. The van der Waals surface area contributed by atoms with Crippen LogP contribution in [0.25, 0.3) is 22.6 Å². The highest BCUT2D eigenvalue weighted by Crippen LogP contribution is 2.35. The fourth-order valence-electron chi connectivity index (χ4n) is 11.6. The second-order valence-electron chi connectivity index (χ2n) is 25.5. The molecule has 112 heavy (non-hydrogen) atoms. The van der Waals surface area contributed by atoms with E-state index in [1.807, 2.05) is 18.2 Å². The number of amides is 4. The molecule has 0 aromatic carbocycles. The zero-order chi connectivity index (χ0) is 83.5. The number of hydrogen-bond donors (Lipinski definition) is 15. The van der Waals surface area contributed by atoms with Crippen molar-refractivity contribution in [3.63, 3.8) is 0 Å². The molecule has 40 heteroatoms. The summed E-state index contributed by atoms with van der Waals surface area (Å²) in [6, 6.07) is 19.8. The number of pyridine rings is 4. The highest BCUT2D eigenvalue weighted by molar-refractivity contribution is 6.02. The molecule has 0 aliphatic heterocycles. The van der Waals surface area contributed by atoms with Gasteiger partial charge in [0.05, 0.1) is 97.2 Å². The second-order valence-corrected chi connectivity index (χ2v) is 25.5. The van der Waals surface area contributed by atoms with Crippen LogP contribution in [-0.4, -0.2) is 216 Å². The summed E-state index contributed by atoms with van der Waals surface area (Å²) in [5, 5.41) is 79.1. The van der Waals surface area contributed by atoms with Gasteiger partial charge in [0.1, 0.15) is 97.7 Å². The van der Waals surface area contributed by atoms with E-state index in [4.69, 9.17) is 32.0 Å². The molecular weight excluding hydrogens is 1450 g/mol. The number of hydrogen-bond acceptors (Lipinski definition) is 32. The van der Waals surface area contributed by atoms with Gasteiger partial charge in [-0.2, -0.15) is 38.5 Å². The zero-order valence-corrected chi connectivity index (χ0v) is 61.1. The first-order chi connectivity index (χ1) is 56.8. The van der Waals surface area contributed by atoms with Crippen molar-refractivity contribution in [3.05, 3.63) is 145 Å². The molecule has 0 saturated heterocycles. The zero-order valence-electron chi connectivity index (χ0n) is 67.1. The third-order valence-corrected chi connectivity index (χ3v) is 18.2. The van der Waals surface area contributed by atoms with E-state index >= 15 is 0 Å². The van der Waals surface area contributed by atoms with E-state index in [0.29, 0.717) is 137 Å². The summed E-state index contributed by atoms with van der Waals surface area (Å²) in [4.78, 5) is 89.8. The number of aromatic nitrogens is 16. The van der Waals surface area contributed by atoms with Gasteiger partial charge in [-0.3, -0.25) is 24.0 Å². The SMILES string of the molecule is CCONC(=O)c1cnn2c(NC)cc(Nc3cccnc3OC)nc12.CNc1cc(Nc2cccnc2OC2CC2)nc2c(C(=O)N[C@@H]3CC[C@@H]3O)cnn12.[2H]C([2H])([2H])Oc1ncccc1Nc1cc(NC)n2ncc(C(=O)N[C@@H]3CC[C@@H]3O)c2n1.[2H]C([2H])([2H])Oc1ncccc1Nc1cc(NC)n2ncc(C(=O)N[C@@H]3CC[C@H]3O)c2n1. The molecule has 40 nitrogen and oxygen atoms in total. The number of aliphatic hydroxyl groups is 3. The number of carbonyl (C=O) groups is 4. The van der Waals surface area contributed by atoms with Gasteiger partial charge in [-0.15, -0.1) is 0 Å². The molecular formula is C72H84N28O12. The van der Waals surface area contributed by atoms with Crippen LogP contribution >= 0.6 is 0 Å². The van der Waals surface area contributed by atoms with Crippen LogP contribution in [-0.2, 0) is 4.84 Å². The first-order valence-corrected chi connectivity index (χ1v) is 35.4. The van der Waals surface area contributed by atoms with Crippen molar-refractivity contribution < 1.29 is 66.5 Å². The fraction of sp³-hybridized carbons (Fsp3) is 0.333. The highest BCUT2D eigenvalue weighted by Gasteiger charge is 2.35. The summed E-state index contributed by atoms with van der Waals surface area (Å²) in [5.41, 5.74) is 6.73. The van der Waals surface area contributed by atoms with Crippen molar-refractivity contribution >= 4 is 116 Å². The Morgan fingerprint density at radius 1 is 0.438 bits per heavy atom. The molecule has 12 aromatic rings. The molecule has 584 valence electrons. The summed E-state index contributed by atoms with van der Waals surface area (Å²) in [7, 11) is 3.12. The molecule has 0 unspecified atom stereocenters. The first-order valence-electron chi connectivity index (χ1n) is 38.4. The van der Waals surface area contributed by atoms with E-state index in [1.165, 1.54) is 57.8 Å². The van der Waals surface area contributed by atoms with Crippen molar-refractivity contribution in [1.29, 1.82) is 0 Å². The first kappa shape index (κ1) is 68.9. The molecule has 16 rings (SSSR count). The van der Waals surface area contributed by atoms with Crippen LogP contribution in [0.3, 0.4) is 0 Å². The molecule has 0 radical (unpaired) electrons. The monoisotopic (exact) mass is 1540 g/mol. The molecule has 0 bridgehead atoms. The molecule has 4 saturated carbocycles. The van der Waals surface area contributed by atoms with Crippen LogP contribution in [0.1, 0.15) is 108 Å². The molecule has 12 heterocycles. The van der Waals surface area contributed by atoms with Crippen LogP contribution in [0, 0.1) is 0 Å². The maximum atomic E-state index is 12.7. The average molecular weight is 1540 g/mol. The van der Waals surface area contributed by atoms with Crippen molar-refractivity contribution in [2.24, 2.45) is 0 Å². The number of aliphatic hydroxyl groups excluding tert-OH is 3. The van der Waals surface area contributed by atoms with Gasteiger partial charge in [0, 0.05) is 77.2 Å². The van der Waals surface area contributed by atoms with E-state index < -0.39 is 50.1 Å². The number of nitrogens with zero attached hydrogens (tertiary/aromatic N) is 16. The summed E-state index contributed by atoms with van der Waals surface area (Å²) in [6.45, 7) is 2.13. The molecule has 12 aromatic heterocycles. The smallest absolute Gasteiger partial charge is 0.280 e. The highest BCUT2D eigenvalue weighted by atomic mass is 16.6. The number of methoxy groups -OCH3 is 3. The predicted octanol–water partition coefficient (Wildman–Crippen LogP) is 5.65. The third kappa shape index (κ3) is 17.1. The second kappa shape index (κ2) is 34.7. The van der Waals surface area contributed by atoms with E-state index in [2.05, 4.69) is 124 Å². The number of fused-ring (bicyclic) bond motifs is 4. The Morgan fingerprint density at radius 2 is 0.741 bits per heavy atom. The third-order valence-electron chi connectivity index (χ3n) is 18.2. The van der Waals surface area contributed by atoms with Gasteiger partial charge in [0.2, 0.25) is 23.5 Å². The lowest BCUT2D eigenvalue weighted by atomic mass is 9.89. The molecule has 4 amide bonds. The van der Waals surface area contributed by atoms with Crippen LogP contribution in [0.4, 0.5) is 69.3 Å². The van der Waals surface area contributed by atoms with E-state index in [-0.39, 0.29) is 69.9 Å². The summed E-state index contributed by atoms with van der Waals surface area (Å²) in [6.07, 6.45) is 16.8. The number of ether oxygens (including phenoxy) is 4. The summed E-state index contributed by atoms with van der Waals surface area (Å²) < 4.78 is 70.9. The molecule has 0 spiro atoms. The fourth-order valence-corrected chi connectivity index (χ4v) is 11.6. The van der Waals surface area contributed by atoms with Gasteiger partial charge in [0.15, 0.2) is 22.6 Å². The van der Waals surface area contributed by atoms with Gasteiger partial charge < -0.3 is 92.8 Å². The normalized spacial score (nSPS) is 18.2. The lowest BCUT2D eigenvalue weighted by molar-refractivity contribution is 0.0366. The Balaban J connectivity index is 0.000000137. The molecule has 6 atom stereocenters. The summed E-state index contributed by atoms with van der Waals surface area (Å²) >= 11 is 0. The van der Waals surface area contributed by atoms with E-state index in [0.717, 1.165) is 19.3 Å². The van der Waals surface area contributed by atoms with E-state index in [1.54, 1.807) is 107 Å². The number of anilines is 12. The Bertz CT molecular complexity index is 5440. The lowest BCUT2D eigenvalue weighted by Crippen LogP contribution is -2.50. The minimum Gasteiger partial charge on any atom is -0.480 e. The minimum absolute atomic E-state index is 0.111. The number of rotatable bonds is 26. The van der Waals surface area contributed by atoms with Crippen molar-refractivity contribution in [2.45, 2.75) is 101 Å². The van der Waals surface area contributed by atoms with Crippen LogP contribution in [0.5, 0.6) is 23.5 Å². The van der Waals surface area contributed by atoms with Crippen molar-refractivity contribution in [3.8, 4) is 23.5 Å². The number of carbonyl (C=O) groups excluding carboxylic acids is 4. The van der Waals surface area contributed by atoms with Crippen LogP contribution < -0.4 is 82.9 Å². The summed E-state index contributed by atoms with van der Waals surface area (Å²) in [5.74, 6) is 3.28. The van der Waals surface area contributed by atoms with Gasteiger partial charge in [0.25, 0.3) is 23.6 Å². The van der Waals surface area contributed by atoms with Gasteiger partial charge in [-0.25, -0.2) is 45.4 Å². The molecule has 4 aliphatic carbocycles. The Morgan fingerprint density at radius 3 is 1.01 bits per heavy atom. The molecule has 4 aliphatic rings. The predicted molar refractivity (Wildman–Crippen MR) is 412 cm³/mol.